The van der Waals surface area contributed by atoms with Gasteiger partial charge in [-0.2, -0.15) is 0 Å². The van der Waals surface area contributed by atoms with Crippen LogP contribution in [-0.2, 0) is 0 Å². The molecule has 0 radical (unpaired) electrons. The molecule has 1 aliphatic heterocycles. The fraction of sp³-hybridized carbons (Fsp3) is 0.438. The molecule has 6 nitrogen and oxygen atoms in total. The van der Waals surface area contributed by atoms with E-state index >= 15 is 0 Å². The number of pyridine rings is 1. The Balaban J connectivity index is 2.00. The minimum absolute atomic E-state index is 0.199. The van der Waals surface area contributed by atoms with Crippen molar-refractivity contribution in [1.82, 2.24) is 19.9 Å². The van der Waals surface area contributed by atoms with Gasteiger partial charge in [0.1, 0.15) is 17.3 Å². The van der Waals surface area contributed by atoms with Crippen LogP contribution >= 0.6 is 0 Å². The fourth-order valence-electron chi connectivity index (χ4n) is 3.36. The Kier molecular flexibility index (Phi) is 3.00. The second-order valence-corrected chi connectivity index (χ2v) is 6.19. The number of piperidine rings is 1. The molecule has 1 saturated heterocycles. The Hall–Kier alpha value is -2.21. The highest BCUT2D eigenvalue weighted by atomic mass is 15.2. The van der Waals surface area contributed by atoms with Gasteiger partial charge in [0.25, 0.3) is 0 Å². The monoisotopic (exact) mass is 296 g/mol. The number of fused-ring (bicyclic) bond motifs is 3. The van der Waals surface area contributed by atoms with Gasteiger partial charge in [-0.05, 0) is 32.8 Å². The molecule has 0 bridgehead atoms. The van der Waals surface area contributed by atoms with E-state index in [1.165, 1.54) is 0 Å². The molecule has 2 atom stereocenters. The first kappa shape index (κ1) is 13.5. The highest BCUT2D eigenvalue weighted by Crippen LogP contribution is 2.33. The van der Waals surface area contributed by atoms with Crippen LogP contribution in [0.25, 0.3) is 21.9 Å². The summed E-state index contributed by atoms with van der Waals surface area (Å²) in [5.74, 6) is 1.75. The summed E-state index contributed by atoms with van der Waals surface area (Å²) in [6.45, 7) is 5.00. The number of aromatic nitrogens is 4. The number of nitrogens with zero attached hydrogens (tertiary/aromatic N) is 4. The number of H-pyrrole nitrogens is 1. The predicted octanol–water partition coefficient (Wildman–Crippen LogP) is 2.13. The van der Waals surface area contributed by atoms with Crippen LogP contribution in [0.15, 0.2) is 18.5 Å². The molecule has 1 fully saturated rings. The van der Waals surface area contributed by atoms with Crippen molar-refractivity contribution in [3.8, 4) is 0 Å². The summed E-state index contributed by atoms with van der Waals surface area (Å²) in [6.07, 6.45) is 5.89. The van der Waals surface area contributed by atoms with E-state index in [0.717, 1.165) is 53.0 Å². The molecule has 3 N–H and O–H groups in total. The van der Waals surface area contributed by atoms with Gasteiger partial charge in [-0.1, -0.05) is 0 Å². The van der Waals surface area contributed by atoms with Crippen molar-refractivity contribution in [2.45, 2.75) is 38.8 Å². The molecule has 2 unspecified atom stereocenters. The molecule has 3 aromatic rings. The number of hydrogen-bond donors (Lipinski definition) is 2. The highest BCUT2D eigenvalue weighted by molar-refractivity contribution is 6.09. The molecule has 1 aliphatic rings. The van der Waals surface area contributed by atoms with E-state index in [4.69, 9.17) is 10.7 Å². The average molecular weight is 296 g/mol. The summed E-state index contributed by atoms with van der Waals surface area (Å²) in [5.41, 5.74) is 7.96. The van der Waals surface area contributed by atoms with E-state index in [1.54, 1.807) is 0 Å². The van der Waals surface area contributed by atoms with E-state index in [1.807, 2.05) is 25.4 Å². The first-order valence-corrected chi connectivity index (χ1v) is 7.76. The van der Waals surface area contributed by atoms with Crippen LogP contribution in [0.3, 0.4) is 0 Å². The van der Waals surface area contributed by atoms with Crippen molar-refractivity contribution in [2.75, 3.05) is 11.4 Å². The lowest BCUT2D eigenvalue weighted by molar-refractivity contribution is 0.434. The standard InChI is InChI=1S/C16H20N6/c1-9-3-4-11(17)8-22(9)16-14-12-5-6-18-15(12)19-7-13(14)20-10(2)21-16/h5-7,9,11H,3-4,8,17H2,1-2H3,(H,18,19). The van der Waals surface area contributed by atoms with Gasteiger partial charge in [0, 0.05) is 30.2 Å². The molecule has 0 aromatic carbocycles. The maximum atomic E-state index is 6.20. The van der Waals surface area contributed by atoms with Crippen LogP contribution in [0.4, 0.5) is 5.82 Å². The van der Waals surface area contributed by atoms with Gasteiger partial charge in [-0.25, -0.2) is 15.0 Å². The highest BCUT2D eigenvalue weighted by Gasteiger charge is 2.27. The number of hydrogen-bond acceptors (Lipinski definition) is 5. The molecule has 114 valence electrons. The minimum Gasteiger partial charge on any atom is -0.352 e. The van der Waals surface area contributed by atoms with Gasteiger partial charge < -0.3 is 15.6 Å². The van der Waals surface area contributed by atoms with Crippen LogP contribution in [0.1, 0.15) is 25.6 Å². The Labute approximate surface area is 128 Å². The third-order valence-electron chi connectivity index (χ3n) is 4.53. The summed E-state index contributed by atoms with van der Waals surface area (Å²) in [7, 11) is 0. The number of aryl methyl sites for hydroxylation is 1. The number of rotatable bonds is 1. The SMILES string of the molecule is Cc1nc(N2CC(N)CCC2C)c2c(cnc3[nH]ccc32)n1. The smallest absolute Gasteiger partial charge is 0.141 e. The van der Waals surface area contributed by atoms with Gasteiger partial charge >= 0.3 is 0 Å². The summed E-state index contributed by atoms with van der Waals surface area (Å²) in [6, 6.07) is 2.67. The largest absolute Gasteiger partial charge is 0.352 e. The number of nitrogens with two attached hydrogens (primary N) is 1. The molecule has 0 saturated carbocycles. The third kappa shape index (κ3) is 2.02. The molecule has 0 aliphatic carbocycles. The van der Waals surface area contributed by atoms with Crippen LogP contribution in [0, 0.1) is 6.92 Å². The number of aromatic amines is 1. The van der Waals surface area contributed by atoms with E-state index < -0.39 is 0 Å². The first-order chi connectivity index (χ1) is 10.6. The van der Waals surface area contributed by atoms with Crippen LogP contribution in [0.5, 0.6) is 0 Å². The predicted molar refractivity (Wildman–Crippen MR) is 87.9 cm³/mol. The molecule has 6 heteroatoms. The van der Waals surface area contributed by atoms with Gasteiger partial charge in [0.05, 0.1) is 17.1 Å². The van der Waals surface area contributed by atoms with Crippen LogP contribution in [-0.4, -0.2) is 38.6 Å². The lowest BCUT2D eigenvalue weighted by atomic mass is 9.99. The van der Waals surface area contributed by atoms with Crippen LogP contribution < -0.4 is 10.6 Å². The lowest BCUT2D eigenvalue weighted by Crippen LogP contribution is -2.48. The molecular formula is C16H20N6. The quantitative estimate of drug-likeness (QED) is 0.718. The second-order valence-electron chi connectivity index (χ2n) is 6.19. The van der Waals surface area contributed by atoms with Crippen molar-refractivity contribution in [1.29, 1.82) is 0 Å². The molecule has 0 spiro atoms. The molecule has 0 amide bonds. The van der Waals surface area contributed by atoms with E-state index in [2.05, 4.69) is 26.8 Å². The van der Waals surface area contributed by atoms with Gasteiger partial charge in [-0.3, -0.25) is 0 Å². The molecular weight excluding hydrogens is 276 g/mol. The van der Waals surface area contributed by atoms with E-state index in [9.17, 15) is 0 Å². The zero-order valence-electron chi connectivity index (χ0n) is 12.9. The first-order valence-electron chi connectivity index (χ1n) is 7.76. The summed E-state index contributed by atoms with van der Waals surface area (Å²) in [4.78, 5) is 19.3. The topological polar surface area (TPSA) is 83.7 Å². The maximum absolute atomic E-state index is 6.20. The Morgan fingerprint density at radius 1 is 1.32 bits per heavy atom. The normalized spacial score (nSPS) is 22.6. The lowest BCUT2D eigenvalue weighted by Gasteiger charge is -2.38. The average Bonchev–Trinajstić information content (AvgIpc) is 2.97. The Morgan fingerprint density at radius 3 is 3.05 bits per heavy atom. The summed E-state index contributed by atoms with van der Waals surface area (Å²) in [5, 5.41) is 2.14. The van der Waals surface area contributed by atoms with Crippen molar-refractivity contribution in [2.24, 2.45) is 5.73 Å². The van der Waals surface area contributed by atoms with Crippen molar-refractivity contribution in [3.63, 3.8) is 0 Å². The van der Waals surface area contributed by atoms with Crippen molar-refractivity contribution < 1.29 is 0 Å². The summed E-state index contributed by atoms with van der Waals surface area (Å²) < 4.78 is 0. The van der Waals surface area contributed by atoms with Crippen molar-refractivity contribution in [3.05, 3.63) is 24.3 Å². The Bertz CT molecular complexity index is 839. The number of anilines is 1. The second kappa shape index (κ2) is 4.91. The maximum Gasteiger partial charge on any atom is 0.141 e. The van der Waals surface area contributed by atoms with Gasteiger partial charge in [0.15, 0.2) is 0 Å². The van der Waals surface area contributed by atoms with E-state index in [0.29, 0.717) is 6.04 Å². The van der Waals surface area contributed by atoms with Crippen LogP contribution in [0.2, 0.25) is 0 Å². The summed E-state index contributed by atoms with van der Waals surface area (Å²) >= 11 is 0. The van der Waals surface area contributed by atoms with Crippen molar-refractivity contribution >= 4 is 27.8 Å². The minimum atomic E-state index is 0.199. The molecule has 4 rings (SSSR count). The third-order valence-corrected chi connectivity index (χ3v) is 4.53. The molecule has 4 heterocycles. The fourth-order valence-corrected chi connectivity index (χ4v) is 3.36. The molecule has 22 heavy (non-hydrogen) atoms. The zero-order chi connectivity index (χ0) is 15.3. The van der Waals surface area contributed by atoms with Gasteiger partial charge in [-0.15, -0.1) is 0 Å². The number of nitrogens with one attached hydrogen (secondary N) is 1. The van der Waals surface area contributed by atoms with Gasteiger partial charge in [0.2, 0.25) is 0 Å². The Morgan fingerprint density at radius 2 is 2.18 bits per heavy atom. The van der Waals surface area contributed by atoms with E-state index in [-0.39, 0.29) is 6.04 Å². The molecule has 3 aromatic heterocycles. The zero-order valence-corrected chi connectivity index (χ0v) is 12.9.